The van der Waals surface area contributed by atoms with Crippen molar-refractivity contribution in [1.29, 1.82) is 0 Å². The molecule has 0 bridgehead atoms. The van der Waals surface area contributed by atoms with E-state index in [1.54, 1.807) is 4.90 Å². The quantitative estimate of drug-likeness (QED) is 0.319. The van der Waals surface area contributed by atoms with Gasteiger partial charge >= 0.3 is 0 Å². The third-order valence-electron chi connectivity index (χ3n) is 6.55. The van der Waals surface area contributed by atoms with Gasteiger partial charge in [0.25, 0.3) is 5.91 Å². The summed E-state index contributed by atoms with van der Waals surface area (Å²) in [7, 11) is 1.83. The largest absolute Gasteiger partial charge is 0.456 e. The average Bonchev–Trinajstić information content (AvgIpc) is 2.87. The van der Waals surface area contributed by atoms with Crippen LogP contribution < -0.4 is 16.4 Å². The topological polar surface area (TPSA) is 83.9 Å². The fourth-order valence-corrected chi connectivity index (χ4v) is 4.72. The molecule has 2 aromatic carbocycles. The van der Waals surface area contributed by atoms with Gasteiger partial charge in [0, 0.05) is 66.6 Å². The van der Waals surface area contributed by atoms with E-state index in [4.69, 9.17) is 10.2 Å². The van der Waals surface area contributed by atoms with Crippen LogP contribution in [0.15, 0.2) is 57.9 Å². The lowest BCUT2D eigenvalue weighted by atomic mass is 9.89. The van der Waals surface area contributed by atoms with Crippen LogP contribution in [0.4, 0.5) is 5.69 Å². The van der Waals surface area contributed by atoms with Crippen molar-refractivity contribution in [2.75, 3.05) is 38.5 Å². The van der Waals surface area contributed by atoms with Crippen molar-refractivity contribution in [1.82, 2.24) is 4.90 Å². The summed E-state index contributed by atoms with van der Waals surface area (Å²) in [5.41, 5.74) is 13.2. The Balaban J connectivity index is 2.07. The SMILES string of the molecule is CC/N=c1/cc2oc3cc(NCC)c(C)cc3c(-c3ccccc3C(=O)N(C)CCCN)c-2cc1C. The summed E-state index contributed by atoms with van der Waals surface area (Å²) in [6.07, 6.45) is 0.760. The highest BCUT2D eigenvalue weighted by atomic mass is 16.3. The van der Waals surface area contributed by atoms with Gasteiger partial charge in [-0.3, -0.25) is 9.79 Å². The molecule has 0 unspecified atom stereocenters. The van der Waals surface area contributed by atoms with E-state index >= 15 is 0 Å². The lowest BCUT2D eigenvalue weighted by Crippen LogP contribution is -2.29. The molecular formula is C30H36N4O2. The van der Waals surface area contributed by atoms with Crippen molar-refractivity contribution in [3.63, 3.8) is 0 Å². The molecular weight excluding hydrogens is 448 g/mol. The molecule has 0 saturated heterocycles. The first kappa shape index (κ1) is 25.5. The fraction of sp³-hybridized carbons (Fsp3) is 0.333. The van der Waals surface area contributed by atoms with E-state index in [0.29, 0.717) is 25.2 Å². The zero-order chi connectivity index (χ0) is 25.8. The van der Waals surface area contributed by atoms with Crippen LogP contribution in [0.2, 0.25) is 0 Å². The monoisotopic (exact) mass is 484 g/mol. The van der Waals surface area contributed by atoms with Gasteiger partial charge in [-0.1, -0.05) is 18.2 Å². The summed E-state index contributed by atoms with van der Waals surface area (Å²) in [5, 5.41) is 5.33. The zero-order valence-electron chi connectivity index (χ0n) is 21.9. The lowest BCUT2D eigenvalue weighted by Gasteiger charge is -2.22. The number of hydrogen-bond acceptors (Lipinski definition) is 5. The molecule has 6 nitrogen and oxygen atoms in total. The molecule has 0 fully saturated rings. The smallest absolute Gasteiger partial charge is 0.254 e. The maximum absolute atomic E-state index is 13.6. The molecule has 0 radical (unpaired) electrons. The van der Waals surface area contributed by atoms with Crippen LogP contribution in [0, 0.1) is 13.8 Å². The number of carbonyl (C=O) groups is 1. The van der Waals surface area contributed by atoms with Crippen molar-refractivity contribution >= 4 is 22.6 Å². The van der Waals surface area contributed by atoms with Crippen LogP contribution in [0.25, 0.3) is 33.4 Å². The maximum Gasteiger partial charge on any atom is 0.254 e. The molecule has 3 N–H and O–H groups in total. The number of anilines is 1. The van der Waals surface area contributed by atoms with Crippen molar-refractivity contribution in [3.05, 3.63) is 70.6 Å². The number of benzene rings is 3. The Morgan fingerprint density at radius 1 is 1.06 bits per heavy atom. The van der Waals surface area contributed by atoms with Gasteiger partial charge in [-0.25, -0.2) is 0 Å². The van der Waals surface area contributed by atoms with Gasteiger partial charge in [-0.2, -0.15) is 0 Å². The fourth-order valence-electron chi connectivity index (χ4n) is 4.72. The third kappa shape index (κ3) is 4.86. The first-order chi connectivity index (χ1) is 17.4. The van der Waals surface area contributed by atoms with E-state index in [2.05, 4.69) is 49.3 Å². The Hall–Kier alpha value is -3.64. The molecule has 0 saturated carbocycles. The van der Waals surface area contributed by atoms with Gasteiger partial charge in [0.05, 0.1) is 5.36 Å². The molecule has 1 aliphatic heterocycles. The zero-order valence-corrected chi connectivity index (χ0v) is 21.9. The number of aryl methyl sites for hydroxylation is 2. The van der Waals surface area contributed by atoms with E-state index in [0.717, 1.165) is 68.6 Å². The number of nitrogens with two attached hydrogens (primary N) is 1. The maximum atomic E-state index is 13.6. The number of hydrogen-bond donors (Lipinski definition) is 2. The van der Waals surface area contributed by atoms with E-state index in [9.17, 15) is 4.79 Å². The van der Waals surface area contributed by atoms with Gasteiger partial charge < -0.3 is 20.4 Å². The molecule has 6 heteroatoms. The summed E-state index contributed by atoms with van der Waals surface area (Å²) < 4.78 is 6.48. The Bertz CT molecular complexity index is 1440. The number of nitrogens with one attached hydrogen (secondary N) is 1. The second-order valence-corrected chi connectivity index (χ2v) is 9.19. The molecule has 36 heavy (non-hydrogen) atoms. The average molecular weight is 485 g/mol. The number of rotatable bonds is 8. The van der Waals surface area contributed by atoms with Gasteiger partial charge in [0.1, 0.15) is 11.3 Å². The lowest BCUT2D eigenvalue weighted by molar-refractivity contribution is 0.0795. The van der Waals surface area contributed by atoms with Crippen molar-refractivity contribution in [2.45, 2.75) is 34.1 Å². The Morgan fingerprint density at radius 2 is 1.83 bits per heavy atom. The van der Waals surface area contributed by atoms with Crippen molar-refractivity contribution in [3.8, 4) is 22.5 Å². The van der Waals surface area contributed by atoms with Crippen LogP contribution in [0.5, 0.6) is 0 Å². The molecule has 0 atom stereocenters. The third-order valence-corrected chi connectivity index (χ3v) is 6.55. The highest BCUT2D eigenvalue weighted by molar-refractivity contribution is 6.09. The van der Waals surface area contributed by atoms with E-state index in [1.807, 2.05) is 44.3 Å². The first-order valence-electron chi connectivity index (χ1n) is 12.7. The number of amides is 1. The predicted octanol–water partition coefficient (Wildman–Crippen LogP) is 5.59. The molecule has 188 valence electrons. The Labute approximate surface area is 213 Å². The summed E-state index contributed by atoms with van der Waals surface area (Å²) in [6.45, 7) is 10.9. The predicted molar refractivity (Wildman–Crippen MR) is 149 cm³/mol. The molecule has 0 spiro atoms. The van der Waals surface area contributed by atoms with Crippen LogP contribution in [0.3, 0.4) is 0 Å². The van der Waals surface area contributed by atoms with Gasteiger partial charge in [-0.05, 0) is 75.5 Å². The first-order valence-corrected chi connectivity index (χ1v) is 12.7. The highest BCUT2D eigenvalue weighted by Crippen LogP contribution is 2.43. The molecule has 1 aliphatic carbocycles. The second-order valence-electron chi connectivity index (χ2n) is 9.19. The number of fused-ring (bicyclic) bond motifs is 2. The second kappa shape index (κ2) is 11.0. The molecule has 0 aromatic heterocycles. The molecule has 2 aromatic rings. The van der Waals surface area contributed by atoms with E-state index in [1.165, 1.54) is 0 Å². The van der Waals surface area contributed by atoms with Crippen molar-refractivity contribution in [2.24, 2.45) is 10.7 Å². The number of carbonyl (C=O) groups excluding carboxylic acids is 1. The standard InChI is InChI=1S/C30H36N4O2/c1-6-32-25-17-27-23(15-19(25)3)29(24-16-20(4)26(33-7-2)18-28(24)36-27)21-11-8-9-12-22(21)30(35)34(5)14-10-13-31/h8-9,11-12,15-18,32H,6-7,10,13-14,31H2,1-5H3/b33-26-. The summed E-state index contributed by atoms with van der Waals surface area (Å²) in [4.78, 5) is 20.0. The van der Waals surface area contributed by atoms with Crippen LogP contribution in [-0.4, -0.2) is 44.0 Å². The minimum Gasteiger partial charge on any atom is -0.456 e. The highest BCUT2D eigenvalue weighted by Gasteiger charge is 2.24. The molecule has 1 amide bonds. The molecule has 2 aliphatic rings. The van der Waals surface area contributed by atoms with Crippen molar-refractivity contribution < 1.29 is 9.21 Å². The molecule has 4 rings (SSSR count). The van der Waals surface area contributed by atoms with Crippen LogP contribution in [0.1, 0.15) is 41.8 Å². The van der Waals surface area contributed by atoms with E-state index < -0.39 is 0 Å². The summed E-state index contributed by atoms with van der Waals surface area (Å²) in [5.74, 6) is 0.733. The van der Waals surface area contributed by atoms with Crippen LogP contribution >= 0.6 is 0 Å². The Morgan fingerprint density at radius 3 is 2.56 bits per heavy atom. The summed E-state index contributed by atoms with van der Waals surface area (Å²) in [6, 6.07) is 16.2. The number of nitrogens with zero attached hydrogens (tertiary/aromatic N) is 2. The van der Waals surface area contributed by atoms with E-state index in [-0.39, 0.29) is 5.91 Å². The Kier molecular flexibility index (Phi) is 7.75. The van der Waals surface area contributed by atoms with Gasteiger partial charge in [0.15, 0.2) is 0 Å². The summed E-state index contributed by atoms with van der Waals surface area (Å²) >= 11 is 0. The van der Waals surface area contributed by atoms with Gasteiger partial charge in [0.2, 0.25) is 0 Å². The van der Waals surface area contributed by atoms with Gasteiger partial charge in [-0.15, -0.1) is 0 Å². The minimum absolute atomic E-state index is 0.0172. The normalized spacial score (nSPS) is 11.9. The van der Waals surface area contributed by atoms with Crippen LogP contribution in [-0.2, 0) is 0 Å². The molecule has 1 heterocycles. The minimum atomic E-state index is -0.0172.